The lowest BCUT2D eigenvalue weighted by Gasteiger charge is -2.18. The average molecular weight is 497 g/mol. The molecule has 1 unspecified atom stereocenters. The number of halogens is 2. The summed E-state index contributed by atoms with van der Waals surface area (Å²) in [4.78, 5) is 9.82. The normalized spacial score (nSPS) is 12.4. The topological polar surface area (TPSA) is 49.3 Å². The summed E-state index contributed by atoms with van der Waals surface area (Å²) in [7, 11) is 1.77. The van der Waals surface area contributed by atoms with E-state index in [1.807, 2.05) is 24.4 Å². The van der Waals surface area contributed by atoms with Crippen LogP contribution >= 0.6 is 58.7 Å². The fraction of sp³-hybridized carbons (Fsp3) is 0.375. The van der Waals surface area contributed by atoms with Crippen LogP contribution in [0.4, 0.5) is 0 Å². The van der Waals surface area contributed by atoms with Crippen LogP contribution in [-0.2, 0) is 6.54 Å². The van der Waals surface area contributed by atoms with Crippen LogP contribution < -0.4 is 10.6 Å². The fourth-order valence-corrected chi connectivity index (χ4v) is 3.69. The van der Waals surface area contributed by atoms with E-state index >= 15 is 0 Å². The molecule has 0 spiro atoms. The number of hydrogen-bond donors (Lipinski definition) is 2. The number of thiazole rings is 1. The van der Waals surface area contributed by atoms with E-state index in [9.17, 15) is 0 Å². The highest BCUT2D eigenvalue weighted by molar-refractivity contribution is 14.0. The Labute approximate surface area is 173 Å². The minimum Gasteiger partial charge on any atom is -0.355 e. The molecule has 0 fully saturated rings. The van der Waals surface area contributed by atoms with E-state index in [1.54, 1.807) is 30.1 Å². The van der Waals surface area contributed by atoms with Gasteiger partial charge < -0.3 is 10.6 Å². The molecule has 4 nitrogen and oxygen atoms in total. The molecule has 24 heavy (non-hydrogen) atoms. The molecule has 1 atom stereocenters. The SMILES string of the molecule is CN=C(NCc1ncc(C)s1)NCC(SC)c1cccc(Cl)c1.I. The molecule has 0 saturated carbocycles. The number of rotatable bonds is 6. The number of nitrogens with one attached hydrogen (secondary N) is 2. The first kappa shape index (κ1) is 21.5. The Morgan fingerprint density at radius 2 is 2.21 bits per heavy atom. The third-order valence-corrected chi connectivity index (χ3v) is 5.42. The number of guanidine groups is 1. The summed E-state index contributed by atoms with van der Waals surface area (Å²) in [6, 6.07) is 7.99. The van der Waals surface area contributed by atoms with Gasteiger partial charge in [-0.1, -0.05) is 23.7 Å². The molecule has 1 aromatic carbocycles. The van der Waals surface area contributed by atoms with Crippen LogP contribution in [0.5, 0.6) is 0 Å². The number of aryl methyl sites for hydroxylation is 1. The number of thioether (sulfide) groups is 1. The first-order chi connectivity index (χ1) is 11.1. The third-order valence-electron chi connectivity index (χ3n) is 3.26. The Morgan fingerprint density at radius 1 is 1.42 bits per heavy atom. The summed E-state index contributed by atoms with van der Waals surface area (Å²) in [5.74, 6) is 0.777. The zero-order chi connectivity index (χ0) is 16.7. The van der Waals surface area contributed by atoms with Gasteiger partial charge in [0.1, 0.15) is 5.01 Å². The van der Waals surface area contributed by atoms with Crippen LogP contribution in [0.15, 0.2) is 35.5 Å². The molecule has 132 valence electrons. The zero-order valence-electron chi connectivity index (χ0n) is 13.9. The van der Waals surface area contributed by atoms with E-state index < -0.39 is 0 Å². The minimum atomic E-state index is 0. The monoisotopic (exact) mass is 496 g/mol. The second-order valence-corrected chi connectivity index (χ2v) is 7.75. The van der Waals surface area contributed by atoms with Crippen molar-refractivity contribution in [3.05, 3.63) is 50.9 Å². The summed E-state index contributed by atoms with van der Waals surface area (Å²) >= 11 is 9.56. The molecular weight excluding hydrogens is 475 g/mol. The highest BCUT2D eigenvalue weighted by Gasteiger charge is 2.11. The Morgan fingerprint density at radius 3 is 2.79 bits per heavy atom. The summed E-state index contributed by atoms with van der Waals surface area (Å²) < 4.78 is 0. The molecule has 2 aromatic rings. The van der Waals surface area contributed by atoms with Crippen molar-refractivity contribution in [2.45, 2.75) is 18.7 Å². The Hall–Kier alpha value is -0.510. The van der Waals surface area contributed by atoms with Gasteiger partial charge in [0.05, 0.1) is 6.54 Å². The van der Waals surface area contributed by atoms with Crippen LogP contribution in [0.25, 0.3) is 0 Å². The van der Waals surface area contributed by atoms with Crippen LogP contribution in [0, 0.1) is 6.92 Å². The molecule has 0 bridgehead atoms. The predicted octanol–water partition coefficient (Wildman–Crippen LogP) is 4.49. The first-order valence-corrected chi connectivity index (χ1v) is 9.74. The number of aromatic nitrogens is 1. The van der Waals surface area contributed by atoms with E-state index in [2.05, 4.69) is 39.9 Å². The second kappa shape index (κ2) is 11.2. The van der Waals surface area contributed by atoms with Crippen molar-refractivity contribution in [1.29, 1.82) is 0 Å². The molecule has 0 amide bonds. The van der Waals surface area contributed by atoms with Gasteiger partial charge in [-0.2, -0.15) is 11.8 Å². The van der Waals surface area contributed by atoms with Gasteiger partial charge >= 0.3 is 0 Å². The highest BCUT2D eigenvalue weighted by atomic mass is 127. The maximum atomic E-state index is 6.08. The molecule has 0 aliphatic heterocycles. The number of nitrogens with zero attached hydrogens (tertiary/aromatic N) is 2. The van der Waals surface area contributed by atoms with Crippen molar-refractivity contribution in [3.63, 3.8) is 0 Å². The predicted molar refractivity (Wildman–Crippen MR) is 118 cm³/mol. The second-order valence-electron chi connectivity index (χ2n) is 4.95. The van der Waals surface area contributed by atoms with Crippen molar-refractivity contribution < 1.29 is 0 Å². The van der Waals surface area contributed by atoms with Gasteiger partial charge in [-0.15, -0.1) is 35.3 Å². The fourth-order valence-electron chi connectivity index (χ4n) is 2.10. The summed E-state index contributed by atoms with van der Waals surface area (Å²) in [6.07, 6.45) is 3.99. The van der Waals surface area contributed by atoms with Crippen LogP contribution in [-0.4, -0.2) is 30.8 Å². The van der Waals surface area contributed by atoms with Gasteiger partial charge in [-0.05, 0) is 30.9 Å². The summed E-state index contributed by atoms with van der Waals surface area (Å²) in [5, 5.41) is 8.80. The summed E-state index contributed by atoms with van der Waals surface area (Å²) in [6.45, 7) is 3.51. The largest absolute Gasteiger partial charge is 0.355 e. The molecule has 8 heteroatoms. The van der Waals surface area contributed by atoms with Gasteiger partial charge in [0.15, 0.2) is 5.96 Å². The lowest BCUT2D eigenvalue weighted by atomic mass is 10.1. The lowest BCUT2D eigenvalue weighted by Crippen LogP contribution is -2.38. The smallest absolute Gasteiger partial charge is 0.191 e. The minimum absolute atomic E-state index is 0. The van der Waals surface area contributed by atoms with E-state index in [4.69, 9.17) is 11.6 Å². The molecule has 1 aromatic heterocycles. The molecule has 2 rings (SSSR count). The maximum Gasteiger partial charge on any atom is 0.191 e. The number of hydrogen-bond acceptors (Lipinski definition) is 4. The molecule has 1 heterocycles. The van der Waals surface area contributed by atoms with E-state index in [-0.39, 0.29) is 24.0 Å². The van der Waals surface area contributed by atoms with Crippen LogP contribution in [0.2, 0.25) is 5.02 Å². The first-order valence-electron chi connectivity index (χ1n) is 7.26. The van der Waals surface area contributed by atoms with Gasteiger partial charge in [-0.25, -0.2) is 4.98 Å². The number of aliphatic imine (C=N–C) groups is 1. The van der Waals surface area contributed by atoms with Crippen molar-refractivity contribution in [2.75, 3.05) is 19.8 Å². The average Bonchev–Trinajstić information content (AvgIpc) is 2.96. The van der Waals surface area contributed by atoms with Gasteiger partial charge in [-0.3, -0.25) is 4.99 Å². The summed E-state index contributed by atoms with van der Waals surface area (Å²) in [5.41, 5.74) is 1.21. The van der Waals surface area contributed by atoms with Gasteiger partial charge in [0.2, 0.25) is 0 Å². The van der Waals surface area contributed by atoms with E-state index in [1.165, 1.54) is 10.4 Å². The molecule has 2 N–H and O–H groups in total. The quantitative estimate of drug-likeness (QED) is 0.351. The van der Waals surface area contributed by atoms with Crippen LogP contribution in [0.3, 0.4) is 0 Å². The van der Waals surface area contributed by atoms with E-state index in [0.717, 1.165) is 22.5 Å². The zero-order valence-corrected chi connectivity index (χ0v) is 18.6. The Balaban J connectivity index is 0.00000288. The molecular formula is C16H22ClIN4S2. The third kappa shape index (κ3) is 6.78. The van der Waals surface area contributed by atoms with E-state index in [0.29, 0.717) is 11.8 Å². The van der Waals surface area contributed by atoms with Gasteiger partial charge in [0, 0.05) is 34.9 Å². The molecule has 0 radical (unpaired) electrons. The lowest BCUT2D eigenvalue weighted by molar-refractivity contribution is 0.784. The van der Waals surface area contributed by atoms with Crippen molar-refractivity contribution in [1.82, 2.24) is 15.6 Å². The Kier molecular flexibility index (Phi) is 10.0. The molecule has 0 aliphatic carbocycles. The highest BCUT2D eigenvalue weighted by Crippen LogP contribution is 2.27. The van der Waals surface area contributed by atoms with Crippen molar-refractivity contribution in [2.24, 2.45) is 4.99 Å². The van der Waals surface area contributed by atoms with Gasteiger partial charge in [0.25, 0.3) is 0 Å². The maximum absolute atomic E-state index is 6.08. The standard InChI is InChI=1S/C16H21ClN4S2.HI/c1-11-8-19-15(23-11)10-21-16(18-2)20-9-14(22-3)12-5-4-6-13(17)7-12;/h4-8,14H,9-10H2,1-3H3,(H2,18,20,21);1H. The van der Waals surface area contributed by atoms with Crippen molar-refractivity contribution in [3.8, 4) is 0 Å². The van der Waals surface area contributed by atoms with Crippen LogP contribution in [0.1, 0.15) is 20.7 Å². The molecule has 0 saturated heterocycles. The Bertz CT molecular complexity index is 663. The number of benzene rings is 1. The van der Waals surface area contributed by atoms with Crippen molar-refractivity contribution >= 4 is 64.6 Å². The molecule has 0 aliphatic rings.